The van der Waals surface area contributed by atoms with Crippen molar-refractivity contribution in [2.24, 2.45) is 0 Å². The van der Waals surface area contributed by atoms with Crippen LogP contribution in [0.15, 0.2) is 22.9 Å². The highest BCUT2D eigenvalue weighted by molar-refractivity contribution is 9.10. The van der Waals surface area contributed by atoms with E-state index in [2.05, 4.69) is 64.9 Å². The highest BCUT2D eigenvalue weighted by Gasteiger charge is 2.41. The minimum absolute atomic E-state index is 0.174. The van der Waals surface area contributed by atoms with E-state index in [4.69, 9.17) is 0 Å². The van der Waals surface area contributed by atoms with Crippen molar-refractivity contribution in [3.63, 3.8) is 0 Å². The summed E-state index contributed by atoms with van der Waals surface area (Å²) in [6.45, 7) is 12.3. The molecular weight excluding hydrogens is 314 g/mol. The Morgan fingerprint density at radius 2 is 2.00 bits per heavy atom. The molecule has 112 valence electrons. The lowest BCUT2D eigenvalue weighted by Crippen LogP contribution is -2.67. The normalized spacial score (nSPS) is 21.9. The Morgan fingerprint density at radius 3 is 2.60 bits per heavy atom. The van der Waals surface area contributed by atoms with Crippen LogP contribution in [0.3, 0.4) is 0 Å². The Kier molecular flexibility index (Phi) is 4.88. The zero-order valence-electron chi connectivity index (χ0n) is 13.0. The molecule has 0 atom stereocenters. The van der Waals surface area contributed by atoms with Gasteiger partial charge < -0.3 is 5.32 Å². The standard InChI is InChI=1S/C16H26BrN3/c1-5-16(6-2)11-19-15(3,4)12-20(16)10-13-7-14(17)9-18-8-13/h7-9,19H,5-6,10-12H2,1-4H3. The summed E-state index contributed by atoms with van der Waals surface area (Å²) < 4.78 is 1.06. The highest BCUT2D eigenvalue weighted by Crippen LogP contribution is 2.31. The van der Waals surface area contributed by atoms with Gasteiger partial charge in [0.1, 0.15) is 0 Å². The van der Waals surface area contributed by atoms with Crippen LogP contribution in [0.25, 0.3) is 0 Å². The molecule has 0 bridgehead atoms. The zero-order valence-corrected chi connectivity index (χ0v) is 14.6. The van der Waals surface area contributed by atoms with E-state index in [0.717, 1.165) is 24.1 Å². The van der Waals surface area contributed by atoms with Gasteiger partial charge in [0.25, 0.3) is 0 Å². The lowest BCUT2D eigenvalue weighted by molar-refractivity contribution is 0.00226. The minimum Gasteiger partial charge on any atom is -0.309 e. The van der Waals surface area contributed by atoms with Crippen LogP contribution in [0.2, 0.25) is 0 Å². The van der Waals surface area contributed by atoms with Crippen molar-refractivity contribution < 1.29 is 0 Å². The molecule has 0 aliphatic carbocycles. The molecule has 0 aromatic carbocycles. The number of piperazine rings is 1. The maximum absolute atomic E-state index is 4.30. The fourth-order valence-corrected chi connectivity index (χ4v) is 3.56. The van der Waals surface area contributed by atoms with E-state index >= 15 is 0 Å². The molecule has 4 heteroatoms. The molecule has 0 saturated carbocycles. The average Bonchev–Trinajstić information content (AvgIpc) is 2.39. The molecule has 1 fully saturated rings. The van der Waals surface area contributed by atoms with Crippen LogP contribution in [-0.2, 0) is 6.54 Å². The predicted octanol–water partition coefficient (Wildman–Crippen LogP) is 3.59. The third-order valence-corrected chi connectivity index (χ3v) is 5.04. The summed E-state index contributed by atoms with van der Waals surface area (Å²) in [6.07, 6.45) is 6.18. The second-order valence-electron chi connectivity index (χ2n) is 6.54. The van der Waals surface area contributed by atoms with Crippen LogP contribution in [0.1, 0.15) is 46.1 Å². The van der Waals surface area contributed by atoms with Gasteiger partial charge in [0, 0.05) is 47.6 Å². The van der Waals surface area contributed by atoms with Crippen molar-refractivity contribution in [3.05, 3.63) is 28.5 Å². The molecule has 2 heterocycles. The molecule has 1 aliphatic heterocycles. The molecule has 20 heavy (non-hydrogen) atoms. The van der Waals surface area contributed by atoms with E-state index in [0.29, 0.717) is 0 Å². The summed E-state index contributed by atoms with van der Waals surface area (Å²) in [5, 5.41) is 3.71. The number of hydrogen-bond donors (Lipinski definition) is 1. The van der Waals surface area contributed by atoms with E-state index in [-0.39, 0.29) is 11.1 Å². The molecule has 1 saturated heterocycles. The molecule has 0 radical (unpaired) electrons. The van der Waals surface area contributed by atoms with Crippen molar-refractivity contribution in [1.29, 1.82) is 0 Å². The van der Waals surface area contributed by atoms with E-state index in [1.807, 2.05) is 12.4 Å². The van der Waals surface area contributed by atoms with Crippen molar-refractivity contribution >= 4 is 15.9 Å². The van der Waals surface area contributed by atoms with Crippen molar-refractivity contribution in [2.45, 2.75) is 58.2 Å². The Morgan fingerprint density at radius 1 is 1.30 bits per heavy atom. The third-order valence-electron chi connectivity index (χ3n) is 4.60. The van der Waals surface area contributed by atoms with Crippen molar-refractivity contribution in [3.8, 4) is 0 Å². The summed E-state index contributed by atoms with van der Waals surface area (Å²) >= 11 is 3.52. The molecule has 1 aromatic heterocycles. The summed E-state index contributed by atoms with van der Waals surface area (Å²) in [6, 6.07) is 2.18. The van der Waals surface area contributed by atoms with Gasteiger partial charge in [-0.05, 0) is 54.2 Å². The first kappa shape index (κ1) is 15.9. The van der Waals surface area contributed by atoms with Crippen LogP contribution < -0.4 is 5.32 Å². The van der Waals surface area contributed by atoms with Crippen LogP contribution in [-0.4, -0.2) is 34.1 Å². The second-order valence-corrected chi connectivity index (χ2v) is 7.45. The van der Waals surface area contributed by atoms with Gasteiger partial charge in [-0.15, -0.1) is 0 Å². The number of nitrogens with one attached hydrogen (secondary N) is 1. The fourth-order valence-electron chi connectivity index (χ4n) is 3.15. The molecule has 1 aliphatic rings. The smallest absolute Gasteiger partial charge is 0.0410 e. The number of aromatic nitrogens is 1. The Balaban J connectivity index is 2.23. The van der Waals surface area contributed by atoms with Gasteiger partial charge >= 0.3 is 0 Å². The number of rotatable bonds is 4. The largest absolute Gasteiger partial charge is 0.309 e. The number of nitrogens with zero attached hydrogens (tertiary/aromatic N) is 2. The van der Waals surface area contributed by atoms with E-state index in [1.165, 1.54) is 18.4 Å². The van der Waals surface area contributed by atoms with Crippen LogP contribution in [0.5, 0.6) is 0 Å². The van der Waals surface area contributed by atoms with E-state index in [9.17, 15) is 0 Å². The van der Waals surface area contributed by atoms with Crippen LogP contribution >= 0.6 is 15.9 Å². The second kappa shape index (κ2) is 6.12. The molecule has 0 amide bonds. The summed E-state index contributed by atoms with van der Waals surface area (Å²) in [5.41, 5.74) is 1.72. The molecule has 1 N–H and O–H groups in total. The van der Waals surface area contributed by atoms with Crippen molar-refractivity contribution in [1.82, 2.24) is 15.2 Å². The number of halogens is 1. The quantitative estimate of drug-likeness (QED) is 0.908. The van der Waals surface area contributed by atoms with Gasteiger partial charge in [0.05, 0.1) is 0 Å². The van der Waals surface area contributed by atoms with E-state index < -0.39 is 0 Å². The topological polar surface area (TPSA) is 28.2 Å². The first-order valence-corrected chi connectivity index (χ1v) is 8.29. The Bertz CT molecular complexity index is 455. The Labute approximate surface area is 131 Å². The lowest BCUT2D eigenvalue weighted by Gasteiger charge is -2.52. The highest BCUT2D eigenvalue weighted by atomic mass is 79.9. The first-order chi connectivity index (χ1) is 9.41. The first-order valence-electron chi connectivity index (χ1n) is 7.50. The fraction of sp³-hybridized carbons (Fsp3) is 0.688. The van der Waals surface area contributed by atoms with Gasteiger partial charge in [0.15, 0.2) is 0 Å². The van der Waals surface area contributed by atoms with Gasteiger partial charge in [0.2, 0.25) is 0 Å². The molecule has 3 nitrogen and oxygen atoms in total. The van der Waals surface area contributed by atoms with Crippen molar-refractivity contribution in [2.75, 3.05) is 13.1 Å². The predicted molar refractivity (Wildman–Crippen MR) is 87.7 cm³/mol. The van der Waals surface area contributed by atoms with Gasteiger partial charge in [-0.1, -0.05) is 13.8 Å². The van der Waals surface area contributed by atoms with Crippen LogP contribution in [0, 0.1) is 0 Å². The minimum atomic E-state index is 0.174. The van der Waals surface area contributed by atoms with Gasteiger partial charge in [-0.25, -0.2) is 0 Å². The number of hydrogen-bond acceptors (Lipinski definition) is 3. The molecule has 0 unspecified atom stereocenters. The van der Waals surface area contributed by atoms with E-state index in [1.54, 1.807) is 0 Å². The van der Waals surface area contributed by atoms with Gasteiger partial charge in [-0.3, -0.25) is 9.88 Å². The van der Waals surface area contributed by atoms with Crippen LogP contribution in [0.4, 0.5) is 0 Å². The molecular formula is C16H26BrN3. The molecule has 2 rings (SSSR count). The van der Waals surface area contributed by atoms with Gasteiger partial charge in [-0.2, -0.15) is 0 Å². The summed E-state index contributed by atoms with van der Waals surface area (Å²) in [7, 11) is 0. The maximum atomic E-state index is 4.30. The average molecular weight is 340 g/mol. The number of pyridine rings is 1. The lowest BCUT2D eigenvalue weighted by atomic mass is 9.84. The monoisotopic (exact) mass is 339 g/mol. The summed E-state index contributed by atoms with van der Waals surface area (Å²) in [4.78, 5) is 6.94. The summed E-state index contributed by atoms with van der Waals surface area (Å²) in [5.74, 6) is 0. The SMILES string of the molecule is CCC1(CC)CNC(C)(C)CN1Cc1cncc(Br)c1. The maximum Gasteiger partial charge on any atom is 0.0410 e. The zero-order chi connectivity index (χ0) is 14.8. The third kappa shape index (κ3) is 3.41. The molecule has 1 aromatic rings. The molecule has 0 spiro atoms. The Hall–Kier alpha value is -0.450.